The van der Waals surface area contributed by atoms with Gasteiger partial charge in [0.05, 0.1) is 24.6 Å². The van der Waals surface area contributed by atoms with Gasteiger partial charge in [0.25, 0.3) is 5.69 Å². The lowest BCUT2D eigenvalue weighted by Crippen LogP contribution is -2.38. The molecule has 0 saturated carbocycles. The molecule has 1 aliphatic rings. The predicted molar refractivity (Wildman–Crippen MR) is 111 cm³/mol. The number of oxazole rings is 1. The summed E-state index contributed by atoms with van der Waals surface area (Å²) in [6, 6.07) is 12.0. The van der Waals surface area contributed by atoms with E-state index in [1.807, 2.05) is 29.2 Å². The first-order valence-electron chi connectivity index (χ1n) is 9.73. The molecule has 9 nitrogen and oxygen atoms in total. The Kier molecular flexibility index (Phi) is 5.62. The van der Waals surface area contributed by atoms with E-state index in [1.165, 1.54) is 19.2 Å². The smallest absolute Gasteiger partial charge is 0.296 e. The lowest BCUT2D eigenvalue weighted by atomic mass is 9.97. The monoisotopic (exact) mass is 410 g/mol. The topological polar surface area (TPSA) is 111 Å². The van der Waals surface area contributed by atoms with Crippen LogP contribution in [0.1, 0.15) is 24.7 Å². The quantitative estimate of drug-likeness (QED) is 0.488. The van der Waals surface area contributed by atoms with Gasteiger partial charge >= 0.3 is 0 Å². The number of nitro groups is 1. The number of carbonyl (C=O) groups is 1. The Morgan fingerprint density at radius 1 is 1.30 bits per heavy atom. The van der Waals surface area contributed by atoms with Crippen LogP contribution in [0, 0.1) is 10.1 Å². The van der Waals surface area contributed by atoms with E-state index >= 15 is 0 Å². The zero-order valence-electron chi connectivity index (χ0n) is 16.5. The Morgan fingerprint density at radius 2 is 2.07 bits per heavy atom. The Labute approximate surface area is 172 Å². The van der Waals surface area contributed by atoms with Gasteiger partial charge in [0.2, 0.25) is 5.91 Å². The van der Waals surface area contributed by atoms with Crippen molar-refractivity contribution in [2.24, 2.45) is 0 Å². The highest BCUT2D eigenvalue weighted by molar-refractivity contribution is 5.94. The summed E-state index contributed by atoms with van der Waals surface area (Å²) in [5.41, 5.74) is 1.61. The molecule has 30 heavy (non-hydrogen) atoms. The minimum atomic E-state index is -0.538. The number of piperidine rings is 1. The number of rotatable bonds is 6. The summed E-state index contributed by atoms with van der Waals surface area (Å²) in [5, 5.41) is 13.9. The molecule has 0 bridgehead atoms. The molecule has 1 amide bonds. The standard InChI is InChI=1S/C21H22N4O5/c1-29-15-6-7-16(18(12-15)25(27)28)22-20(26)13-24-10-8-14(9-11-24)21-23-17-4-2-3-5-19(17)30-21/h2-7,12,14H,8-11,13H2,1H3,(H,22,26). The number of hydrogen-bond donors (Lipinski definition) is 1. The van der Waals surface area contributed by atoms with E-state index in [9.17, 15) is 14.9 Å². The molecule has 156 valence electrons. The van der Waals surface area contributed by atoms with Gasteiger partial charge in [0.1, 0.15) is 17.0 Å². The van der Waals surface area contributed by atoms with Crippen molar-refractivity contribution < 1.29 is 18.9 Å². The Morgan fingerprint density at radius 3 is 2.77 bits per heavy atom. The summed E-state index contributed by atoms with van der Waals surface area (Å²) in [5.74, 6) is 1.04. The third kappa shape index (κ3) is 4.25. The van der Waals surface area contributed by atoms with E-state index in [2.05, 4.69) is 10.3 Å². The van der Waals surface area contributed by atoms with E-state index in [4.69, 9.17) is 9.15 Å². The second-order valence-electron chi connectivity index (χ2n) is 7.26. The van der Waals surface area contributed by atoms with Crippen molar-refractivity contribution in [3.8, 4) is 5.75 Å². The number of benzene rings is 2. The second kappa shape index (κ2) is 8.50. The molecule has 0 atom stereocenters. The Balaban J connectivity index is 1.34. The summed E-state index contributed by atoms with van der Waals surface area (Å²) in [4.78, 5) is 29.8. The molecule has 1 saturated heterocycles. The Hall–Kier alpha value is -3.46. The summed E-state index contributed by atoms with van der Waals surface area (Å²) in [6.07, 6.45) is 1.67. The first kappa shape index (κ1) is 19.8. The highest BCUT2D eigenvalue weighted by Gasteiger charge is 2.26. The summed E-state index contributed by atoms with van der Waals surface area (Å²) in [6.45, 7) is 1.62. The third-order valence-electron chi connectivity index (χ3n) is 5.29. The molecule has 1 fully saturated rings. The molecule has 1 aliphatic heterocycles. The molecule has 0 radical (unpaired) electrons. The van der Waals surface area contributed by atoms with Crippen LogP contribution in [0.25, 0.3) is 11.1 Å². The van der Waals surface area contributed by atoms with Gasteiger partial charge in [-0.25, -0.2) is 4.98 Å². The number of carbonyl (C=O) groups excluding carboxylic acids is 1. The minimum Gasteiger partial charge on any atom is -0.496 e. The van der Waals surface area contributed by atoms with Crippen LogP contribution < -0.4 is 10.1 Å². The zero-order valence-corrected chi connectivity index (χ0v) is 16.5. The van der Waals surface area contributed by atoms with Crippen molar-refractivity contribution in [3.05, 3.63) is 58.5 Å². The predicted octanol–water partition coefficient (Wildman–Crippen LogP) is 3.56. The molecule has 1 aromatic heterocycles. The van der Waals surface area contributed by atoms with Crippen LogP contribution >= 0.6 is 0 Å². The van der Waals surface area contributed by atoms with Gasteiger partial charge in [-0.15, -0.1) is 0 Å². The number of hydrogen-bond acceptors (Lipinski definition) is 7. The summed E-state index contributed by atoms with van der Waals surface area (Å²) in [7, 11) is 1.43. The number of likely N-dealkylation sites (tertiary alicyclic amines) is 1. The van der Waals surface area contributed by atoms with Crippen LogP contribution in [0.2, 0.25) is 0 Å². The first-order chi connectivity index (χ1) is 14.5. The molecular weight excluding hydrogens is 388 g/mol. The Bertz CT molecular complexity index is 1040. The molecular formula is C21H22N4O5. The van der Waals surface area contributed by atoms with E-state index in [1.54, 1.807) is 6.07 Å². The van der Waals surface area contributed by atoms with Gasteiger partial charge in [0.15, 0.2) is 11.5 Å². The van der Waals surface area contributed by atoms with Crippen molar-refractivity contribution in [3.63, 3.8) is 0 Å². The number of amides is 1. The molecule has 4 rings (SSSR count). The van der Waals surface area contributed by atoms with E-state index in [-0.39, 0.29) is 29.7 Å². The molecule has 2 aromatic carbocycles. The third-order valence-corrected chi connectivity index (χ3v) is 5.29. The second-order valence-corrected chi connectivity index (χ2v) is 7.26. The minimum absolute atomic E-state index is 0.159. The number of nitrogens with zero attached hydrogens (tertiary/aromatic N) is 3. The number of anilines is 1. The average Bonchev–Trinajstić information content (AvgIpc) is 3.18. The molecule has 9 heteroatoms. The number of methoxy groups -OCH3 is 1. The van der Waals surface area contributed by atoms with Crippen LogP contribution in [0.4, 0.5) is 11.4 Å². The fourth-order valence-corrected chi connectivity index (χ4v) is 3.69. The van der Waals surface area contributed by atoms with Gasteiger partial charge in [-0.3, -0.25) is 19.8 Å². The summed E-state index contributed by atoms with van der Waals surface area (Å²) < 4.78 is 10.9. The number of aromatic nitrogens is 1. The van der Waals surface area contributed by atoms with Gasteiger partial charge in [-0.05, 0) is 50.2 Å². The fraction of sp³-hybridized carbons (Fsp3) is 0.333. The highest BCUT2D eigenvalue weighted by atomic mass is 16.6. The van der Waals surface area contributed by atoms with Crippen LogP contribution in [0.5, 0.6) is 5.75 Å². The molecule has 1 N–H and O–H groups in total. The largest absolute Gasteiger partial charge is 0.496 e. The molecule has 2 heterocycles. The van der Waals surface area contributed by atoms with Crippen molar-refractivity contribution in [2.75, 3.05) is 32.1 Å². The molecule has 3 aromatic rings. The van der Waals surface area contributed by atoms with E-state index in [0.717, 1.165) is 42.9 Å². The number of nitrogens with one attached hydrogen (secondary N) is 1. The van der Waals surface area contributed by atoms with Crippen LogP contribution in [0.15, 0.2) is 46.9 Å². The maximum atomic E-state index is 12.4. The molecule has 0 spiro atoms. The van der Waals surface area contributed by atoms with Gasteiger partial charge < -0.3 is 14.5 Å². The van der Waals surface area contributed by atoms with Crippen molar-refractivity contribution in [2.45, 2.75) is 18.8 Å². The van der Waals surface area contributed by atoms with E-state index in [0.29, 0.717) is 5.75 Å². The average molecular weight is 410 g/mol. The fourth-order valence-electron chi connectivity index (χ4n) is 3.69. The maximum absolute atomic E-state index is 12.4. The highest BCUT2D eigenvalue weighted by Crippen LogP contribution is 2.31. The van der Waals surface area contributed by atoms with Gasteiger partial charge in [-0.1, -0.05) is 12.1 Å². The van der Waals surface area contributed by atoms with Crippen LogP contribution in [0.3, 0.4) is 0 Å². The molecule has 0 aliphatic carbocycles. The first-order valence-corrected chi connectivity index (χ1v) is 9.73. The van der Waals surface area contributed by atoms with Crippen LogP contribution in [-0.4, -0.2) is 47.5 Å². The van der Waals surface area contributed by atoms with Gasteiger partial charge in [-0.2, -0.15) is 0 Å². The van der Waals surface area contributed by atoms with Gasteiger partial charge in [0, 0.05) is 5.92 Å². The number of nitro benzene ring substituents is 1. The van der Waals surface area contributed by atoms with Crippen molar-refractivity contribution in [1.82, 2.24) is 9.88 Å². The van der Waals surface area contributed by atoms with Crippen LogP contribution in [-0.2, 0) is 4.79 Å². The summed E-state index contributed by atoms with van der Waals surface area (Å²) >= 11 is 0. The van der Waals surface area contributed by atoms with Crippen molar-refractivity contribution >= 4 is 28.4 Å². The normalized spacial score (nSPS) is 15.2. The van der Waals surface area contributed by atoms with Crippen molar-refractivity contribution in [1.29, 1.82) is 0 Å². The lowest BCUT2D eigenvalue weighted by molar-refractivity contribution is -0.384. The van der Waals surface area contributed by atoms with E-state index < -0.39 is 4.92 Å². The lowest BCUT2D eigenvalue weighted by Gasteiger charge is -2.29. The molecule has 0 unspecified atom stereocenters. The number of para-hydroxylation sites is 2. The SMILES string of the molecule is COc1ccc(NC(=O)CN2CCC(c3nc4ccccc4o3)CC2)c([N+](=O)[O-])c1. The zero-order chi connectivity index (χ0) is 21.1. The number of fused-ring (bicyclic) bond motifs is 1. The maximum Gasteiger partial charge on any atom is 0.296 e. The number of ether oxygens (including phenoxy) is 1.